The zero-order valence-electron chi connectivity index (χ0n) is 12.3. The predicted octanol–water partition coefficient (Wildman–Crippen LogP) is 2.91. The molecule has 4 heteroatoms. The van der Waals surface area contributed by atoms with Crippen molar-refractivity contribution in [1.82, 2.24) is 5.32 Å². The Bertz CT molecular complexity index is 651. The average Bonchev–Trinajstić information content (AvgIpc) is 2.53. The summed E-state index contributed by atoms with van der Waals surface area (Å²) < 4.78 is 4.72. The van der Waals surface area contributed by atoms with Crippen LogP contribution >= 0.6 is 0 Å². The Kier molecular flexibility index (Phi) is 4.93. The molecule has 0 bridgehead atoms. The van der Waals surface area contributed by atoms with Crippen LogP contribution in [0.25, 0.3) is 10.8 Å². The highest BCUT2D eigenvalue weighted by atomic mass is 16.5. The van der Waals surface area contributed by atoms with Crippen LogP contribution in [0.3, 0.4) is 0 Å². The summed E-state index contributed by atoms with van der Waals surface area (Å²) in [6, 6.07) is 12.7. The summed E-state index contributed by atoms with van der Waals surface area (Å²) in [5.74, 6) is -0.671. The quantitative estimate of drug-likeness (QED) is 0.859. The third-order valence-corrected chi connectivity index (χ3v) is 3.38. The van der Waals surface area contributed by atoms with E-state index in [4.69, 9.17) is 4.74 Å². The van der Waals surface area contributed by atoms with Crippen LogP contribution in [0.15, 0.2) is 42.5 Å². The van der Waals surface area contributed by atoms with Crippen molar-refractivity contribution in [3.8, 4) is 0 Å². The van der Waals surface area contributed by atoms with Gasteiger partial charge in [-0.1, -0.05) is 43.7 Å². The number of ether oxygens (including phenoxy) is 1. The summed E-state index contributed by atoms with van der Waals surface area (Å²) in [7, 11) is 1.33. The number of carbonyl (C=O) groups is 2. The van der Waals surface area contributed by atoms with Crippen LogP contribution in [0, 0.1) is 0 Å². The van der Waals surface area contributed by atoms with Gasteiger partial charge in [-0.3, -0.25) is 4.79 Å². The number of esters is 1. The number of hydrogen-bond acceptors (Lipinski definition) is 3. The number of fused-ring (bicyclic) bond motifs is 1. The number of methoxy groups -OCH3 is 1. The van der Waals surface area contributed by atoms with Crippen molar-refractivity contribution in [3.05, 3.63) is 48.0 Å². The summed E-state index contributed by atoms with van der Waals surface area (Å²) in [5, 5.41) is 4.81. The highest BCUT2D eigenvalue weighted by Gasteiger charge is 2.21. The molecule has 1 N–H and O–H groups in total. The van der Waals surface area contributed by atoms with Gasteiger partial charge in [0.2, 0.25) is 0 Å². The molecule has 0 unspecified atom stereocenters. The smallest absolute Gasteiger partial charge is 0.328 e. The summed E-state index contributed by atoms with van der Waals surface area (Å²) in [6.45, 7) is 1.96. The Morgan fingerprint density at radius 1 is 1.14 bits per heavy atom. The van der Waals surface area contributed by atoms with Gasteiger partial charge in [0.05, 0.1) is 7.11 Å². The van der Waals surface area contributed by atoms with Crippen molar-refractivity contribution in [1.29, 1.82) is 0 Å². The average molecular weight is 285 g/mol. The van der Waals surface area contributed by atoms with Crippen LogP contribution in [-0.2, 0) is 9.53 Å². The maximum atomic E-state index is 12.3. The van der Waals surface area contributed by atoms with E-state index in [1.807, 2.05) is 43.3 Å². The Labute approximate surface area is 124 Å². The third kappa shape index (κ3) is 3.60. The van der Waals surface area contributed by atoms with E-state index >= 15 is 0 Å². The molecular weight excluding hydrogens is 266 g/mol. The van der Waals surface area contributed by atoms with Gasteiger partial charge in [-0.2, -0.15) is 0 Å². The SMILES string of the molecule is CCC[C@@H](NC(=O)c1ccc2ccccc2c1)C(=O)OC. The molecule has 2 rings (SSSR count). The first-order valence-corrected chi connectivity index (χ1v) is 7.03. The van der Waals surface area contributed by atoms with Gasteiger partial charge in [-0.05, 0) is 29.3 Å². The van der Waals surface area contributed by atoms with Gasteiger partial charge >= 0.3 is 5.97 Å². The topological polar surface area (TPSA) is 55.4 Å². The molecule has 21 heavy (non-hydrogen) atoms. The molecule has 1 atom stereocenters. The van der Waals surface area contributed by atoms with Crippen molar-refractivity contribution in [2.24, 2.45) is 0 Å². The van der Waals surface area contributed by atoms with Crippen LogP contribution in [0.1, 0.15) is 30.1 Å². The number of rotatable bonds is 5. The van der Waals surface area contributed by atoms with Crippen LogP contribution in [0.5, 0.6) is 0 Å². The summed E-state index contributed by atoms with van der Waals surface area (Å²) in [6.07, 6.45) is 1.35. The maximum absolute atomic E-state index is 12.3. The van der Waals surface area contributed by atoms with Gasteiger partial charge in [0.1, 0.15) is 6.04 Å². The molecule has 4 nitrogen and oxygen atoms in total. The third-order valence-electron chi connectivity index (χ3n) is 3.38. The fourth-order valence-corrected chi connectivity index (χ4v) is 2.25. The lowest BCUT2D eigenvalue weighted by molar-refractivity contribution is -0.143. The molecule has 0 fully saturated rings. The van der Waals surface area contributed by atoms with E-state index in [-0.39, 0.29) is 5.91 Å². The lowest BCUT2D eigenvalue weighted by Crippen LogP contribution is -2.41. The van der Waals surface area contributed by atoms with Crippen LogP contribution < -0.4 is 5.32 Å². The summed E-state index contributed by atoms with van der Waals surface area (Å²) >= 11 is 0. The highest BCUT2D eigenvalue weighted by molar-refractivity contribution is 6.00. The van der Waals surface area contributed by atoms with Gasteiger partial charge < -0.3 is 10.1 Å². The Balaban J connectivity index is 2.18. The standard InChI is InChI=1S/C17H19NO3/c1-3-6-15(17(20)21-2)18-16(19)14-10-9-12-7-4-5-8-13(12)11-14/h4-5,7-11,15H,3,6H2,1-2H3,(H,18,19)/t15-/m1/s1. The Morgan fingerprint density at radius 3 is 2.52 bits per heavy atom. The van der Waals surface area contributed by atoms with E-state index < -0.39 is 12.0 Å². The van der Waals surface area contributed by atoms with E-state index in [9.17, 15) is 9.59 Å². The highest BCUT2D eigenvalue weighted by Crippen LogP contribution is 2.16. The molecular formula is C17H19NO3. The van der Waals surface area contributed by atoms with Gasteiger partial charge in [-0.15, -0.1) is 0 Å². The molecule has 0 saturated heterocycles. The largest absolute Gasteiger partial charge is 0.467 e. The fraction of sp³-hybridized carbons (Fsp3) is 0.294. The molecule has 0 radical (unpaired) electrons. The van der Waals surface area contributed by atoms with Crippen molar-refractivity contribution in [3.63, 3.8) is 0 Å². The van der Waals surface area contributed by atoms with E-state index in [1.165, 1.54) is 7.11 Å². The minimum absolute atomic E-state index is 0.260. The maximum Gasteiger partial charge on any atom is 0.328 e. The molecule has 0 heterocycles. The minimum atomic E-state index is -0.598. The molecule has 0 aliphatic rings. The van der Waals surface area contributed by atoms with E-state index in [0.29, 0.717) is 12.0 Å². The normalized spacial score (nSPS) is 11.9. The summed E-state index contributed by atoms with van der Waals surface area (Å²) in [4.78, 5) is 23.9. The molecule has 0 aliphatic carbocycles. The number of carbonyl (C=O) groups excluding carboxylic acids is 2. The van der Waals surface area contributed by atoms with E-state index in [0.717, 1.165) is 17.2 Å². The van der Waals surface area contributed by atoms with Crippen molar-refractivity contribution < 1.29 is 14.3 Å². The van der Waals surface area contributed by atoms with Crippen molar-refractivity contribution in [2.75, 3.05) is 7.11 Å². The second-order valence-electron chi connectivity index (χ2n) is 4.90. The zero-order chi connectivity index (χ0) is 15.2. The fourth-order valence-electron chi connectivity index (χ4n) is 2.25. The second-order valence-corrected chi connectivity index (χ2v) is 4.90. The number of benzene rings is 2. The van der Waals surface area contributed by atoms with Crippen LogP contribution in [-0.4, -0.2) is 25.0 Å². The molecule has 110 valence electrons. The lowest BCUT2D eigenvalue weighted by atomic mass is 10.1. The lowest BCUT2D eigenvalue weighted by Gasteiger charge is -2.15. The first-order chi connectivity index (χ1) is 10.2. The molecule has 0 aromatic heterocycles. The van der Waals surface area contributed by atoms with Gasteiger partial charge in [-0.25, -0.2) is 4.79 Å². The van der Waals surface area contributed by atoms with E-state index in [2.05, 4.69) is 5.32 Å². The molecule has 2 aromatic carbocycles. The molecule has 1 amide bonds. The first kappa shape index (κ1) is 15.0. The number of nitrogens with one attached hydrogen (secondary N) is 1. The zero-order valence-corrected chi connectivity index (χ0v) is 12.3. The Hall–Kier alpha value is -2.36. The molecule has 2 aromatic rings. The van der Waals surface area contributed by atoms with Gasteiger partial charge in [0.25, 0.3) is 5.91 Å². The predicted molar refractivity (Wildman–Crippen MR) is 82.1 cm³/mol. The molecule has 0 saturated carbocycles. The van der Waals surface area contributed by atoms with Gasteiger partial charge in [0, 0.05) is 5.56 Å². The first-order valence-electron chi connectivity index (χ1n) is 7.03. The van der Waals surface area contributed by atoms with Crippen molar-refractivity contribution >= 4 is 22.6 Å². The minimum Gasteiger partial charge on any atom is -0.467 e. The van der Waals surface area contributed by atoms with Crippen molar-refractivity contribution in [2.45, 2.75) is 25.8 Å². The molecule has 0 spiro atoms. The van der Waals surface area contributed by atoms with Crippen LogP contribution in [0.4, 0.5) is 0 Å². The number of amides is 1. The van der Waals surface area contributed by atoms with Crippen LogP contribution in [0.2, 0.25) is 0 Å². The second kappa shape index (κ2) is 6.88. The Morgan fingerprint density at radius 2 is 1.86 bits per heavy atom. The molecule has 0 aliphatic heterocycles. The number of hydrogen-bond donors (Lipinski definition) is 1. The van der Waals surface area contributed by atoms with E-state index in [1.54, 1.807) is 6.07 Å². The van der Waals surface area contributed by atoms with Gasteiger partial charge in [0.15, 0.2) is 0 Å². The monoisotopic (exact) mass is 285 g/mol. The summed E-state index contributed by atoms with van der Waals surface area (Å²) in [5.41, 5.74) is 0.540.